The average molecular weight is 314 g/mol. The molecule has 0 amide bonds. The summed E-state index contributed by atoms with van der Waals surface area (Å²) in [5.41, 5.74) is 0.848. The highest BCUT2D eigenvalue weighted by Gasteiger charge is 2.49. The topological polar surface area (TPSA) is 72.2 Å². The van der Waals surface area contributed by atoms with Gasteiger partial charge in [0.1, 0.15) is 5.76 Å². The van der Waals surface area contributed by atoms with Crippen molar-refractivity contribution in [2.24, 2.45) is 11.3 Å². The minimum Gasteiger partial charge on any atom is -0.361 e. The predicted molar refractivity (Wildman–Crippen MR) is 82.6 cm³/mol. The van der Waals surface area contributed by atoms with Gasteiger partial charge in [-0.25, -0.2) is 13.1 Å². The summed E-state index contributed by atoms with van der Waals surface area (Å²) < 4.78 is 30.9. The molecule has 1 aromatic heterocycles. The second-order valence-electron chi connectivity index (χ2n) is 7.83. The maximum absolute atomic E-state index is 11.4. The maximum Gasteiger partial charge on any atom is 0.208 e. The zero-order chi connectivity index (χ0) is 16.1. The van der Waals surface area contributed by atoms with Crippen LogP contribution in [-0.2, 0) is 21.9 Å². The van der Waals surface area contributed by atoms with Crippen LogP contribution in [0.2, 0.25) is 0 Å². The van der Waals surface area contributed by atoms with Crippen LogP contribution < -0.4 is 4.72 Å². The number of sulfonamides is 1. The monoisotopic (exact) mass is 314 g/mol. The van der Waals surface area contributed by atoms with Crippen molar-refractivity contribution in [2.45, 2.75) is 58.9 Å². The number of hydrogen-bond donors (Lipinski definition) is 1. The van der Waals surface area contributed by atoms with E-state index in [1.165, 1.54) is 6.26 Å². The van der Waals surface area contributed by atoms with Crippen molar-refractivity contribution in [3.8, 4) is 0 Å². The van der Waals surface area contributed by atoms with Crippen LogP contribution in [0.1, 0.15) is 52.5 Å². The van der Waals surface area contributed by atoms with Crippen molar-refractivity contribution in [1.29, 1.82) is 0 Å². The van der Waals surface area contributed by atoms with Gasteiger partial charge >= 0.3 is 0 Å². The van der Waals surface area contributed by atoms with E-state index in [1.807, 2.05) is 6.07 Å². The summed E-state index contributed by atoms with van der Waals surface area (Å²) >= 11 is 0. The molecule has 6 heteroatoms. The molecule has 0 bridgehead atoms. The molecule has 1 heterocycles. The van der Waals surface area contributed by atoms with Crippen LogP contribution in [0.3, 0.4) is 0 Å². The van der Waals surface area contributed by atoms with E-state index in [-0.39, 0.29) is 16.9 Å². The first-order valence-corrected chi connectivity index (χ1v) is 9.22. The van der Waals surface area contributed by atoms with Crippen molar-refractivity contribution in [1.82, 2.24) is 9.88 Å². The third kappa shape index (κ3) is 3.66. The van der Waals surface area contributed by atoms with Gasteiger partial charge in [-0.1, -0.05) is 39.8 Å². The molecule has 1 aliphatic carbocycles. The van der Waals surface area contributed by atoms with Gasteiger partial charge in [0.05, 0.1) is 11.9 Å². The number of aromatic nitrogens is 1. The van der Waals surface area contributed by atoms with Gasteiger partial charge in [0.2, 0.25) is 10.0 Å². The lowest BCUT2D eigenvalue weighted by Gasteiger charge is -2.52. The van der Waals surface area contributed by atoms with Crippen molar-refractivity contribution in [3.05, 3.63) is 17.5 Å². The summed E-state index contributed by atoms with van der Waals surface area (Å²) in [6.45, 7) is 10.5. The Kier molecular flexibility index (Phi) is 4.00. The van der Waals surface area contributed by atoms with Crippen molar-refractivity contribution < 1.29 is 12.9 Å². The molecule has 2 rings (SSSR count). The lowest BCUT2D eigenvalue weighted by molar-refractivity contribution is 0.0271. The molecule has 1 aliphatic rings. The number of rotatable bonds is 4. The molecule has 1 saturated carbocycles. The van der Waals surface area contributed by atoms with Crippen LogP contribution in [0, 0.1) is 11.3 Å². The van der Waals surface area contributed by atoms with Gasteiger partial charge in [-0.3, -0.25) is 0 Å². The van der Waals surface area contributed by atoms with Crippen molar-refractivity contribution in [2.75, 3.05) is 6.26 Å². The summed E-state index contributed by atoms with van der Waals surface area (Å²) in [4.78, 5) is 0. The molecule has 1 N–H and O–H groups in total. The Labute approximate surface area is 127 Å². The Balaban J connectivity index is 2.01. The fourth-order valence-corrected chi connectivity index (χ4v) is 3.75. The molecule has 120 valence electrons. The highest BCUT2D eigenvalue weighted by molar-refractivity contribution is 7.88. The highest BCUT2D eigenvalue weighted by atomic mass is 32.2. The van der Waals surface area contributed by atoms with Gasteiger partial charge in [-0.05, 0) is 24.2 Å². The van der Waals surface area contributed by atoms with Gasteiger partial charge in [0, 0.05) is 17.5 Å². The van der Waals surface area contributed by atoms with Crippen LogP contribution in [0.15, 0.2) is 10.6 Å². The first-order valence-electron chi connectivity index (χ1n) is 7.33. The summed E-state index contributed by atoms with van der Waals surface area (Å²) in [5.74, 6) is 1.30. The molecule has 0 saturated heterocycles. The maximum atomic E-state index is 11.4. The fraction of sp³-hybridized carbons (Fsp3) is 0.800. The first kappa shape index (κ1) is 16.5. The second kappa shape index (κ2) is 5.09. The molecular weight excluding hydrogens is 288 g/mol. The molecule has 0 aromatic carbocycles. The lowest BCUT2D eigenvalue weighted by Crippen LogP contribution is -2.58. The minimum absolute atomic E-state index is 0.00601. The Morgan fingerprint density at radius 3 is 2.48 bits per heavy atom. The summed E-state index contributed by atoms with van der Waals surface area (Å²) in [6, 6.07) is 2.03. The fourth-order valence-electron chi connectivity index (χ4n) is 2.83. The van der Waals surface area contributed by atoms with E-state index in [0.717, 1.165) is 24.3 Å². The van der Waals surface area contributed by atoms with E-state index in [4.69, 9.17) is 4.52 Å². The van der Waals surface area contributed by atoms with Crippen molar-refractivity contribution >= 4 is 10.0 Å². The molecule has 5 nitrogen and oxygen atoms in total. The van der Waals surface area contributed by atoms with Crippen LogP contribution in [0.5, 0.6) is 0 Å². The van der Waals surface area contributed by atoms with E-state index < -0.39 is 10.0 Å². The van der Waals surface area contributed by atoms with Crippen molar-refractivity contribution in [3.63, 3.8) is 0 Å². The normalized spacial score (nSPS) is 25.6. The molecule has 0 radical (unpaired) electrons. The summed E-state index contributed by atoms with van der Waals surface area (Å²) in [6.07, 6.45) is 2.88. The van der Waals surface area contributed by atoms with Gasteiger partial charge in [0.25, 0.3) is 0 Å². The first-order chi connectivity index (χ1) is 9.39. The van der Waals surface area contributed by atoms with E-state index in [9.17, 15) is 8.42 Å². The Morgan fingerprint density at radius 1 is 1.43 bits per heavy atom. The molecule has 1 fully saturated rings. The Morgan fingerprint density at radius 2 is 2.05 bits per heavy atom. The predicted octanol–water partition coefficient (Wildman–Crippen LogP) is 2.48. The second-order valence-corrected chi connectivity index (χ2v) is 9.61. The largest absolute Gasteiger partial charge is 0.361 e. The number of hydrogen-bond acceptors (Lipinski definition) is 4. The van der Waals surface area contributed by atoms with Crippen LogP contribution >= 0.6 is 0 Å². The standard InChI is InChI=1S/C15H26N2O3S/c1-14(2,3)13-9-11(16-20-13)7-10-8-12(15(10,4)5)17-21(6,18)19/h9-10,12,17H,7-8H2,1-6H3/t10-,12+/m1/s1. The summed E-state index contributed by atoms with van der Waals surface area (Å²) in [7, 11) is -3.15. The SMILES string of the molecule is CC(C)(C)c1cc(C[C@@H]2C[C@H](NS(C)(=O)=O)C2(C)C)no1. The Hall–Kier alpha value is -0.880. The quantitative estimate of drug-likeness (QED) is 0.926. The lowest BCUT2D eigenvalue weighted by atomic mass is 9.57. The van der Waals surface area contributed by atoms with E-state index in [1.54, 1.807) is 0 Å². The van der Waals surface area contributed by atoms with Crippen LogP contribution in [0.25, 0.3) is 0 Å². The highest BCUT2D eigenvalue weighted by Crippen LogP contribution is 2.48. The minimum atomic E-state index is -3.15. The van der Waals surface area contributed by atoms with Crippen LogP contribution in [0.4, 0.5) is 0 Å². The smallest absolute Gasteiger partial charge is 0.208 e. The third-order valence-corrected chi connectivity index (χ3v) is 5.29. The van der Waals surface area contributed by atoms with E-state index in [2.05, 4.69) is 44.5 Å². The van der Waals surface area contributed by atoms with Gasteiger partial charge in [0.15, 0.2) is 0 Å². The van der Waals surface area contributed by atoms with Gasteiger partial charge in [-0.2, -0.15) is 0 Å². The number of nitrogens with one attached hydrogen (secondary N) is 1. The van der Waals surface area contributed by atoms with Crippen LogP contribution in [-0.4, -0.2) is 25.9 Å². The number of nitrogens with zero attached hydrogens (tertiary/aromatic N) is 1. The van der Waals surface area contributed by atoms with E-state index in [0.29, 0.717) is 5.92 Å². The summed E-state index contributed by atoms with van der Waals surface area (Å²) in [5, 5.41) is 4.16. The average Bonchev–Trinajstić information content (AvgIpc) is 2.74. The zero-order valence-electron chi connectivity index (χ0n) is 13.7. The molecule has 2 atom stereocenters. The van der Waals surface area contributed by atoms with Gasteiger partial charge in [-0.15, -0.1) is 0 Å². The molecule has 0 unspecified atom stereocenters. The molecular formula is C15H26N2O3S. The molecule has 1 aromatic rings. The molecule has 0 aliphatic heterocycles. The molecule has 0 spiro atoms. The third-order valence-electron chi connectivity index (χ3n) is 4.58. The van der Waals surface area contributed by atoms with Gasteiger partial charge < -0.3 is 4.52 Å². The Bertz CT molecular complexity index is 611. The zero-order valence-corrected chi connectivity index (χ0v) is 14.5. The van der Waals surface area contributed by atoms with E-state index >= 15 is 0 Å². The molecule has 21 heavy (non-hydrogen) atoms.